The molecular weight excluding hydrogens is 350 g/mol. The lowest BCUT2D eigenvalue weighted by Gasteiger charge is -2.19. The normalized spacial score (nSPS) is 11.0. The van der Waals surface area contributed by atoms with E-state index in [9.17, 15) is 4.79 Å². The standard InChI is InChI=1S/C23H25N3O2/c1-23(2,3)18-6-8-19(9-7-18)26-22(27)25-16-17-4-10-20(11-5-17)28-21-12-14-24-15-13-21/h4-15H,16H2,1-3H3,(H2,25,26,27). The molecule has 0 saturated heterocycles. The van der Waals surface area contributed by atoms with E-state index in [1.54, 1.807) is 24.5 Å². The molecule has 2 amide bonds. The second-order valence-corrected chi connectivity index (χ2v) is 7.56. The Morgan fingerprint density at radius 3 is 2.11 bits per heavy atom. The van der Waals surface area contributed by atoms with E-state index in [-0.39, 0.29) is 11.4 Å². The van der Waals surface area contributed by atoms with Crippen molar-refractivity contribution in [2.75, 3.05) is 5.32 Å². The Morgan fingerprint density at radius 2 is 1.50 bits per heavy atom. The number of nitrogens with zero attached hydrogens (tertiary/aromatic N) is 1. The van der Waals surface area contributed by atoms with Crippen molar-refractivity contribution < 1.29 is 9.53 Å². The van der Waals surface area contributed by atoms with E-state index in [1.165, 1.54) is 5.56 Å². The van der Waals surface area contributed by atoms with Gasteiger partial charge in [-0.3, -0.25) is 4.98 Å². The summed E-state index contributed by atoms with van der Waals surface area (Å²) in [7, 11) is 0. The summed E-state index contributed by atoms with van der Waals surface area (Å²) in [4.78, 5) is 16.1. The van der Waals surface area contributed by atoms with E-state index in [0.717, 1.165) is 22.7 Å². The minimum atomic E-state index is -0.236. The van der Waals surface area contributed by atoms with Crippen molar-refractivity contribution in [1.82, 2.24) is 10.3 Å². The fourth-order valence-electron chi connectivity index (χ4n) is 2.63. The maximum Gasteiger partial charge on any atom is 0.319 e. The van der Waals surface area contributed by atoms with Crippen molar-refractivity contribution in [3.63, 3.8) is 0 Å². The van der Waals surface area contributed by atoms with Crippen molar-refractivity contribution >= 4 is 11.7 Å². The average Bonchev–Trinajstić information content (AvgIpc) is 2.68. The Kier molecular flexibility index (Phi) is 5.94. The smallest absolute Gasteiger partial charge is 0.319 e. The van der Waals surface area contributed by atoms with Gasteiger partial charge >= 0.3 is 6.03 Å². The molecule has 0 aliphatic carbocycles. The third-order valence-electron chi connectivity index (χ3n) is 4.27. The van der Waals surface area contributed by atoms with Crippen molar-refractivity contribution in [1.29, 1.82) is 0 Å². The maximum absolute atomic E-state index is 12.1. The molecule has 0 atom stereocenters. The summed E-state index contributed by atoms with van der Waals surface area (Å²) in [6.45, 7) is 6.92. The SMILES string of the molecule is CC(C)(C)c1ccc(NC(=O)NCc2ccc(Oc3ccncc3)cc2)cc1. The van der Waals surface area contributed by atoms with Crippen molar-refractivity contribution in [2.24, 2.45) is 0 Å². The first-order valence-corrected chi connectivity index (χ1v) is 9.22. The van der Waals surface area contributed by atoms with Gasteiger partial charge in [-0.15, -0.1) is 0 Å². The summed E-state index contributed by atoms with van der Waals surface area (Å²) in [6, 6.07) is 18.9. The van der Waals surface area contributed by atoms with Crippen molar-refractivity contribution in [2.45, 2.75) is 32.7 Å². The largest absolute Gasteiger partial charge is 0.457 e. The quantitative estimate of drug-likeness (QED) is 0.619. The Bertz CT molecular complexity index is 899. The zero-order valence-corrected chi connectivity index (χ0v) is 16.4. The number of carbonyl (C=O) groups excluding carboxylic acids is 1. The number of amides is 2. The third-order valence-corrected chi connectivity index (χ3v) is 4.27. The predicted octanol–water partition coefficient (Wildman–Crippen LogP) is 5.49. The van der Waals surface area contributed by atoms with Gasteiger partial charge in [0.1, 0.15) is 11.5 Å². The number of pyridine rings is 1. The van der Waals surface area contributed by atoms with Crippen LogP contribution in [0.1, 0.15) is 31.9 Å². The van der Waals surface area contributed by atoms with Gasteiger partial charge in [0.05, 0.1) is 0 Å². The van der Waals surface area contributed by atoms with E-state index in [1.807, 2.05) is 48.5 Å². The number of rotatable bonds is 5. The first-order valence-electron chi connectivity index (χ1n) is 9.22. The molecule has 5 heteroatoms. The molecule has 2 N–H and O–H groups in total. The Labute approximate surface area is 165 Å². The number of carbonyl (C=O) groups is 1. The van der Waals surface area contributed by atoms with E-state index < -0.39 is 0 Å². The molecule has 0 radical (unpaired) electrons. The van der Waals surface area contributed by atoms with E-state index in [4.69, 9.17) is 4.74 Å². The zero-order chi connectivity index (χ0) is 20.0. The van der Waals surface area contributed by atoms with Crippen LogP contribution in [0.4, 0.5) is 10.5 Å². The number of ether oxygens (including phenoxy) is 1. The molecule has 3 rings (SSSR count). The van der Waals surface area contributed by atoms with Crippen LogP contribution >= 0.6 is 0 Å². The first-order chi connectivity index (χ1) is 13.4. The number of hydrogen-bond acceptors (Lipinski definition) is 3. The summed E-state index contributed by atoms with van der Waals surface area (Å²) in [5.41, 5.74) is 3.08. The zero-order valence-electron chi connectivity index (χ0n) is 16.4. The molecule has 0 aliphatic heterocycles. The molecule has 0 fully saturated rings. The average molecular weight is 375 g/mol. The third kappa shape index (κ3) is 5.58. The van der Waals surface area contributed by atoms with Gasteiger partial charge in [0.25, 0.3) is 0 Å². The summed E-state index contributed by atoms with van der Waals surface area (Å²) < 4.78 is 5.73. The van der Waals surface area contributed by atoms with Crippen LogP contribution in [-0.2, 0) is 12.0 Å². The van der Waals surface area contributed by atoms with Gasteiger partial charge in [0.2, 0.25) is 0 Å². The molecule has 144 valence electrons. The van der Waals surface area contributed by atoms with Gasteiger partial charge in [-0.1, -0.05) is 45.0 Å². The molecule has 2 aromatic carbocycles. The molecule has 0 unspecified atom stereocenters. The topological polar surface area (TPSA) is 63.2 Å². The summed E-state index contributed by atoms with van der Waals surface area (Å²) >= 11 is 0. The highest BCUT2D eigenvalue weighted by atomic mass is 16.5. The van der Waals surface area contributed by atoms with Gasteiger partial charge in [-0.05, 0) is 52.9 Å². The molecule has 5 nitrogen and oxygen atoms in total. The van der Waals surface area contributed by atoms with Crippen LogP contribution in [0, 0.1) is 0 Å². The van der Waals surface area contributed by atoms with Gasteiger partial charge in [-0.25, -0.2) is 4.79 Å². The summed E-state index contributed by atoms with van der Waals surface area (Å²) in [5, 5.41) is 5.72. The van der Waals surface area contributed by atoms with Gasteiger partial charge in [-0.2, -0.15) is 0 Å². The minimum absolute atomic E-state index is 0.0913. The van der Waals surface area contributed by atoms with E-state index in [2.05, 4.69) is 36.4 Å². The van der Waals surface area contributed by atoms with Gasteiger partial charge < -0.3 is 15.4 Å². The minimum Gasteiger partial charge on any atom is -0.457 e. The second kappa shape index (κ2) is 8.57. The molecule has 0 bridgehead atoms. The highest BCUT2D eigenvalue weighted by molar-refractivity contribution is 5.89. The van der Waals surface area contributed by atoms with Crippen LogP contribution in [0.2, 0.25) is 0 Å². The number of benzene rings is 2. The van der Waals surface area contributed by atoms with Gasteiger partial charge in [0.15, 0.2) is 0 Å². The Morgan fingerprint density at radius 1 is 0.893 bits per heavy atom. The molecule has 0 aliphatic rings. The van der Waals surface area contributed by atoms with E-state index >= 15 is 0 Å². The highest BCUT2D eigenvalue weighted by Crippen LogP contribution is 2.23. The van der Waals surface area contributed by atoms with Crippen LogP contribution in [0.3, 0.4) is 0 Å². The molecule has 0 saturated carbocycles. The molecule has 28 heavy (non-hydrogen) atoms. The number of nitrogens with one attached hydrogen (secondary N) is 2. The van der Waals surface area contributed by atoms with Crippen LogP contribution in [0.5, 0.6) is 11.5 Å². The maximum atomic E-state index is 12.1. The number of aromatic nitrogens is 1. The Hall–Kier alpha value is -3.34. The fraction of sp³-hybridized carbons (Fsp3) is 0.217. The number of urea groups is 1. The van der Waals surface area contributed by atoms with Crippen LogP contribution in [0.15, 0.2) is 73.1 Å². The summed E-state index contributed by atoms with van der Waals surface area (Å²) in [6.07, 6.45) is 3.37. The lowest BCUT2D eigenvalue weighted by atomic mass is 9.87. The summed E-state index contributed by atoms with van der Waals surface area (Å²) in [5.74, 6) is 1.47. The number of hydrogen-bond donors (Lipinski definition) is 2. The van der Waals surface area contributed by atoms with Gasteiger partial charge in [0, 0.05) is 24.6 Å². The van der Waals surface area contributed by atoms with Crippen LogP contribution in [0.25, 0.3) is 0 Å². The number of anilines is 1. The second-order valence-electron chi connectivity index (χ2n) is 7.56. The van der Waals surface area contributed by atoms with Crippen LogP contribution < -0.4 is 15.4 Å². The van der Waals surface area contributed by atoms with Crippen LogP contribution in [-0.4, -0.2) is 11.0 Å². The Balaban J connectivity index is 1.49. The monoisotopic (exact) mass is 375 g/mol. The van der Waals surface area contributed by atoms with Crippen molar-refractivity contribution in [3.8, 4) is 11.5 Å². The molecule has 1 aromatic heterocycles. The lowest BCUT2D eigenvalue weighted by Crippen LogP contribution is -2.28. The first kappa shape index (κ1) is 19.4. The van der Waals surface area contributed by atoms with Crippen molar-refractivity contribution in [3.05, 3.63) is 84.2 Å². The highest BCUT2D eigenvalue weighted by Gasteiger charge is 2.13. The molecular formula is C23H25N3O2. The lowest BCUT2D eigenvalue weighted by molar-refractivity contribution is 0.251. The molecule has 3 aromatic rings. The molecule has 1 heterocycles. The molecule has 0 spiro atoms. The fourth-order valence-corrected chi connectivity index (χ4v) is 2.63. The van der Waals surface area contributed by atoms with E-state index in [0.29, 0.717) is 6.54 Å². The predicted molar refractivity (Wildman–Crippen MR) is 112 cm³/mol.